The monoisotopic (exact) mass is 347 g/mol. The molecule has 25 heavy (non-hydrogen) atoms. The topological polar surface area (TPSA) is 124 Å². The molecular formula is C16H17N3O6. The van der Waals surface area contributed by atoms with Crippen LogP contribution in [0.5, 0.6) is 0 Å². The number of hydrogen-bond acceptors (Lipinski definition) is 7. The van der Waals surface area contributed by atoms with E-state index in [2.05, 4.69) is 4.90 Å². The third-order valence-electron chi connectivity index (χ3n) is 5.04. The average Bonchev–Trinajstić information content (AvgIpc) is 2.61. The van der Waals surface area contributed by atoms with Crippen LogP contribution in [0.4, 0.5) is 11.4 Å². The maximum atomic E-state index is 12.3. The van der Waals surface area contributed by atoms with E-state index < -0.39 is 21.2 Å². The van der Waals surface area contributed by atoms with Gasteiger partial charge in [-0.05, 0) is 38.4 Å². The van der Waals surface area contributed by atoms with Crippen LogP contribution in [0.2, 0.25) is 0 Å². The molecule has 3 aliphatic heterocycles. The largest absolute Gasteiger partial charge is 0.346 e. The number of carbonyl (C=O) groups excluding carboxylic acids is 2. The molecule has 0 saturated carbocycles. The van der Waals surface area contributed by atoms with Crippen LogP contribution in [0.1, 0.15) is 36.0 Å². The Kier molecular flexibility index (Phi) is 4.58. The first-order chi connectivity index (χ1) is 11.9. The Morgan fingerprint density at radius 1 is 1.12 bits per heavy atom. The number of rotatable bonds is 6. The Morgan fingerprint density at radius 3 is 2.32 bits per heavy atom. The van der Waals surface area contributed by atoms with Gasteiger partial charge in [-0.3, -0.25) is 34.7 Å². The highest BCUT2D eigenvalue weighted by molar-refractivity contribution is 5.97. The summed E-state index contributed by atoms with van der Waals surface area (Å²) in [5.74, 6) is -0.0843. The number of nitro groups is 2. The first-order valence-corrected chi connectivity index (χ1v) is 8.12. The molecule has 4 rings (SSSR count). The summed E-state index contributed by atoms with van der Waals surface area (Å²) in [7, 11) is 0. The van der Waals surface area contributed by atoms with E-state index in [-0.39, 0.29) is 35.5 Å². The zero-order valence-corrected chi connectivity index (χ0v) is 13.4. The van der Waals surface area contributed by atoms with Gasteiger partial charge in [0.1, 0.15) is 0 Å². The van der Waals surface area contributed by atoms with Gasteiger partial charge in [0.25, 0.3) is 0 Å². The molecule has 0 spiro atoms. The lowest BCUT2D eigenvalue weighted by molar-refractivity contribution is -0.422. The van der Waals surface area contributed by atoms with E-state index in [9.17, 15) is 29.8 Å². The summed E-state index contributed by atoms with van der Waals surface area (Å²) in [4.78, 5) is 46.8. The highest BCUT2D eigenvalue weighted by Crippen LogP contribution is 2.32. The van der Waals surface area contributed by atoms with E-state index in [1.807, 2.05) is 0 Å². The smallest absolute Gasteiger partial charge is 0.298 e. The fourth-order valence-electron chi connectivity index (χ4n) is 3.68. The molecule has 1 atom stereocenters. The second-order valence-electron chi connectivity index (χ2n) is 6.41. The molecule has 0 N–H and O–H groups in total. The number of Topliss-reactive ketones (excluding diaryl/α,β-unsaturated/α-hetero) is 2. The van der Waals surface area contributed by atoms with E-state index in [1.165, 1.54) is 6.07 Å². The molecule has 132 valence electrons. The summed E-state index contributed by atoms with van der Waals surface area (Å²) in [6, 6.07) is 2.88. The predicted octanol–water partition coefficient (Wildman–Crippen LogP) is 2.13. The lowest BCUT2D eigenvalue weighted by Crippen LogP contribution is -2.55. The Balaban J connectivity index is 1.71. The highest BCUT2D eigenvalue weighted by Gasteiger charge is 2.40. The summed E-state index contributed by atoms with van der Waals surface area (Å²) in [6.07, 6.45) is 2.20. The van der Waals surface area contributed by atoms with Crippen LogP contribution >= 0.6 is 0 Å². The Labute approximate surface area is 142 Å². The standard InChI is InChI=1S/C16H17N3O6/c20-15(4-3-13-16(21)10-5-7-17(13)8-6-10)11-1-2-12(18(22)23)14(9-11)19(24)25/h1-2,9-10,13H,3-8H2. The van der Waals surface area contributed by atoms with Crippen molar-refractivity contribution in [2.45, 2.75) is 31.7 Å². The predicted molar refractivity (Wildman–Crippen MR) is 86.4 cm³/mol. The Morgan fingerprint density at radius 2 is 1.76 bits per heavy atom. The second kappa shape index (κ2) is 6.67. The van der Waals surface area contributed by atoms with Crippen LogP contribution in [-0.4, -0.2) is 45.4 Å². The van der Waals surface area contributed by atoms with E-state index in [0.29, 0.717) is 6.42 Å². The molecular weight excluding hydrogens is 330 g/mol. The number of fused-ring (bicyclic) bond motifs is 3. The average molecular weight is 347 g/mol. The maximum Gasteiger partial charge on any atom is 0.346 e. The van der Waals surface area contributed by atoms with Crippen LogP contribution < -0.4 is 0 Å². The third kappa shape index (κ3) is 3.27. The Bertz CT molecular complexity index is 754. The Hall–Kier alpha value is -2.68. The van der Waals surface area contributed by atoms with Crippen molar-refractivity contribution in [3.05, 3.63) is 44.0 Å². The lowest BCUT2D eigenvalue weighted by Gasteiger charge is -2.44. The minimum atomic E-state index is -0.871. The molecule has 3 aliphatic rings. The highest BCUT2D eigenvalue weighted by atomic mass is 16.6. The van der Waals surface area contributed by atoms with E-state index in [1.54, 1.807) is 0 Å². The quantitative estimate of drug-likeness (QED) is 0.438. The molecule has 1 aromatic rings. The van der Waals surface area contributed by atoms with E-state index >= 15 is 0 Å². The number of benzene rings is 1. The minimum absolute atomic E-state index is 0.0562. The van der Waals surface area contributed by atoms with Crippen LogP contribution in [0, 0.1) is 26.1 Å². The van der Waals surface area contributed by atoms with Gasteiger partial charge in [-0.25, -0.2) is 0 Å². The summed E-state index contributed by atoms with van der Waals surface area (Å²) in [5, 5.41) is 21.8. The molecule has 9 nitrogen and oxygen atoms in total. The molecule has 2 bridgehead atoms. The summed E-state index contributed by atoms with van der Waals surface area (Å²) in [5.41, 5.74) is -1.29. The third-order valence-corrected chi connectivity index (χ3v) is 5.04. The number of carbonyl (C=O) groups is 2. The molecule has 0 amide bonds. The summed E-state index contributed by atoms with van der Waals surface area (Å²) >= 11 is 0. The van der Waals surface area contributed by atoms with Crippen molar-refractivity contribution in [2.75, 3.05) is 13.1 Å². The maximum absolute atomic E-state index is 12.3. The van der Waals surface area contributed by atoms with Crippen molar-refractivity contribution in [3.63, 3.8) is 0 Å². The number of piperidine rings is 3. The summed E-state index contributed by atoms with van der Waals surface area (Å²) < 4.78 is 0. The van der Waals surface area contributed by atoms with Crippen molar-refractivity contribution >= 4 is 22.9 Å². The van der Waals surface area contributed by atoms with Crippen molar-refractivity contribution in [1.82, 2.24) is 4.90 Å². The molecule has 3 fully saturated rings. The van der Waals surface area contributed by atoms with Gasteiger partial charge in [0, 0.05) is 30.0 Å². The molecule has 1 unspecified atom stereocenters. The molecule has 1 aromatic carbocycles. The molecule has 0 radical (unpaired) electrons. The zero-order chi connectivity index (χ0) is 18.1. The van der Waals surface area contributed by atoms with Gasteiger partial charge in [-0.15, -0.1) is 0 Å². The van der Waals surface area contributed by atoms with Gasteiger partial charge in [-0.2, -0.15) is 0 Å². The van der Waals surface area contributed by atoms with Crippen LogP contribution in [0.3, 0.4) is 0 Å². The second-order valence-corrected chi connectivity index (χ2v) is 6.41. The number of hydrogen-bond donors (Lipinski definition) is 0. The first-order valence-electron chi connectivity index (χ1n) is 8.12. The molecule has 9 heteroatoms. The number of nitro benzene ring substituents is 2. The fourth-order valence-corrected chi connectivity index (χ4v) is 3.68. The molecule has 0 aromatic heterocycles. The fraction of sp³-hybridized carbons (Fsp3) is 0.500. The molecule has 3 saturated heterocycles. The normalized spacial score (nSPS) is 25.0. The van der Waals surface area contributed by atoms with Crippen molar-refractivity contribution in [2.24, 2.45) is 5.92 Å². The van der Waals surface area contributed by atoms with Crippen molar-refractivity contribution in [1.29, 1.82) is 0 Å². The van der Waals surface area contributed by atoms with Crippen molar-refractivity contribution in [3.8, 4) is 0 Å². The first kappa shape index (κ1) is 17.2. The van der Waals surface area contributed by atoms with Gasteiger partial charge in [0.2, 0.25) is 0 Å². The van der Waals surface area contributed by atoms with Crippen molar-refractivity contribution < 1.29 is 19.4 Å². The van der Waals surface area contributed by atoms with Crippen LogP contribution in [-0.2, 0) is 4.79 Å². The lowest BCUT2D eigenvalue weighted by atomic mass is 9.80. The van der Waals surface area contributed by atoms with Crippen LogP contribution in [0.25, 0.3) is 0 Å². The number of ketones is 2. The summed E-state index contributed by atoms with van der Waals surface area (Å²) in [6.45, 7) is 1.72. The zero-order valence-electron chi connectivity index (χ0n) is 13.4. The molecule has 0 aliphatic carbocycles. The number of nitrogens with zero attached hydrogens (tertiary/aromatic N) is 3. The van der Waals surface area contributed by atoms with Gasteiger partial charge in [0.15, 0.2) is 11.6 Å². The SMILES string of the molecule is O=C(CCC1C(=O)C2CCN1CC2)c1ccc([N+](=O)[O-])c([N+](=O)[O-])c1. The van der Waals surface area contributed by atoms with Gasteiger partial charge < -0.3 is 0 Å². The van der Waals surface area contributed by atoms with E-state index in [0.717, 1.165) is 38.1 Å². The molecule has 3 heterocycles. The minimum Gasteiger partial charge on any atom is -0.298 e. The van der Waals surface area contributed by atoms with Gasteiger partial charge in [0.05, 0.1) is 15.9 Å². The van der Waals surface area contributed by atoms with Crippen LogP contribution in [0.15, 0.2) is 18.2 Å². The van der Waals surface area contributed by atoms with E-state index in [4.69, 9.17) is 0 Å². The van der Waals surface area contributed by atoms with Gasteiger partial charge >= 0.3 is 11.4 Å². The van der Waals surface area contributed by atoms with Gasteiger partial charge in [-0.1, -0.05) is 0 Å².